The Hall–Kier alpha value is -2.73. The average Bonchev–Trinajstić information content (AvgIpc) is 2.69. The third kappa shape index (κ3) is 4.26. The van der Waals surface area contributed by atoms with Gasteiger partial charge in [0.2, 0.25) is 0 Å². The Morgan fingerprint density at radius 1 is 1.04 bits per heavy atom. The van der Waals surface area contributed by atoms with Crippen LogP contribution < -0.4 is 15.5 Å². The number of para-hydroxylation sites is 2. The van der Waals surface area contributed by atoms with Gasteiger partial charge in [0, 0.05) is 52.0 Å². The number of anilines is 2. The Bertz CT molecular complexity index is 728. The zero-order valence-corrected chi connectivity index (χ0v) is 15.1. The molecule has 2 aromatic carbocycles. The summed E-state index contributed by atoms with van der Waals surface area (Å²) in [6.07, 6.45) is 0. The highest BCUT2D eigenvalue weighted by molar-refractivity contribution is 6.00. The molecule has 3 N–H and O–H groups in total. The van der Waals surface area contributed by atoms with Gasteiger partial charge in [-0.2, -0.15) is 0 Å². The lowest BCUT2D eigenvalue weighted by Crippen LogP contribution is -2.47. The summed E-state index contributed by atoms with van der Waals surface area (Å²) in [5.74, 6) is -0.111. The predicted molar refractivity (Wildman–Crippen MR) is 105 cm³/mol. The molecule has 1 aliphatic rings. The number of phenolic OH excluding ortho intramolecular Hbond substituents is 1. The Morgan fingerprint density at radius 2 is 1.77 bits per heavy atom. The standard InChI is InChI=1S/C20H26N4O2/c1-21-20(26)17-8-5-9-18(25)19(17)22-10-11-23-12-14-24(15-13-23)16-6-3-2-4-7-16/h2-9,22,25H,10-15H2,1H3,(H,21,26). The van der Waals surface area contributed by atoms with Gasteiger partial charge in [-0.3, -0.25) is 9.69 Å². The number of carbonyl (C=O) groups excluding carboxylic acids is 1. The first-order valence-electron chi connectivity index (χ1n) is 8.99. The van der Waals surface area contributed by atoms with Gasteiger partial charge in [-0.25, -0.2) is 0 Å². The third-order valence-electron chi connectivity index (χ3n) is 4.74. The van der Waals surface area contributed by atoms with E-state index in [0.29, 0.717) is 17.8 Å². The van der Waals surface area contributed by atoms with Crippen LogP contribution in [-0.4, -0.2) is 62.2 Å². The van der Waals surface area contributed by atoms with Crippen LogP contribution in [-0.2, 0) is 0 Å². The Kier molecular flexibility index (Phi) is 5.96. The molecule has 0 bridgehead atoms. The molecule has 138 valence electrons. The Balaban J connectivity index is 1.50. The molecule has 0 saturated carbocycles. The average molecular weight is 354 g/mol. The summed E-state index contributed by atoms with van der Waals surface area (Å²) in [5, 5.41) is 15.9. The van der Waals surface area contributed by atoms with E-state index in [1.54, 1.807) is 25.2 Å². The first-order chi connectivity index (χ1) is 12.7. The number of piperazine rings is 1. The fraction of sp³-hybridized carbons (Fsp3) is 0.350. The van der Waals surface area contributed by atoms with Crippen molar-refractivity contribution in [3.63, 3.8) is 0 Å². The van der Waals surface area contributed by atoms with E-state index in [1.165, 1.54) is 5.69 Å². The van der Waals surface area contributed by atoms with Crippen molar-refractivity contribution in [3.8, 4) is 5.75 Å². The van der Waals surface area contributed by atoms with Crippen molar-refractivity contribution < 1.29 is 9.90 Å². The number of amides is 1. The van der Waals surface area contributed by atoms with E-state index >= 15 is 0 Å². The molecular formula is C20H26N4O2. The molecule has 0 spiro atoms. The Morgan fingerprint density at radius 3 is 2.46 bits per heavy atom. The van der Waals surface area contributed by atoms with Crippen LogP contribution in [0, 0.1) is 0 Å². The number of carbonyl (C=O) groups is 1. The van der Waals surface area contributed by atoms with E-state index in [4.69, 9.17) is 0 Å². The molecule has 0 aromatic heterocycles. The van der Waals surface area contributed by atoms with Gasteiger partial charge in [0.05, 0.1) is 11.3 Å². The van der Waals surface area contributed by atoms with Crippen LogP contribution in [0.3, 0.4) is 0 Å². The number of phenols is 1. The summed E-state index contributed by atoms with van der Waals surface area (Å²) >= 11 is 0. The van der Waals surface area contributed by atoms with Crippen molar-refractivity contribution in [2.45, 2.75) is 0 Å². The maximum absolute atomic E-state index is 11.9. The normalized spacial score (nSPS) is 14.9. The first-order valence-corrected chi connectivity index (χ1v) is 8.99. The quantitative estimate of drug-likeness (QED) is 0.692. The number of hydrogen-bond acceptors (Lipinski definition) is 5. The largest absolute Gasteiger partial charge is 0.506 e. The summed E-state index contributed by atoms with van der Waals surface area (Å²) in [4.78, 5) is 16.7. The van der Waals surface area contributed by atoms with Crippen LogP contribution in [0.25, 0.3) is 0 Å². The molecule has 0 atom stereocenters. The molecule has 1 aliphatic heterocycles. The summed E-state index contributed by atoms with van der Waals surface area (Å²) in [7, 11) is 1.59. The molecule has 6 nitrogen and oxygen atoms in total. The maximum Gasteiger partial charge on any atom is 0.253 e. The highest BCUT2D eigenvalue weighted by atomic mass is 16.3. The molecule has 26 heavy (non-hydrogen) atoms. The number of nitrogens with zero attached hydrogens (tertiary/aromatic N) is 2. The second kappa shape index (κ2) is 8.58. The molecule has 1 amide bonds. The monoisotopic (exact) mass is 354 g/mol. The topological polar surface area (TPSA) is 67.8 Å². The van der Waals surface area contributed by atoms with E-state index in [0.717, 1.165) is 32.7 Å². The van der Waals surface area contributed by atoms with Gasteiger partial charge in [-0.05, 0) is 24.3 Å². The molecule has 6 heteroatoms. The zero-order valence-electron chi connectivity index (χ0n) is 15.1. The van der Waals surface area contributed by atoms with Gasteiger partial charge in [0.15, 0.2) is 0 Å². The van der Waals surface area contributed by atoms with Crippen molar-refractivity contribution in [1.82, 2.24) is 10.2 Å². The first kappa shape index (κ1) is 18.1. The van der Waals surface area contributed by atoms with Crippen LogP contribution in [0.1, 0.15) is 10.4 Å². The van der Waals surface area contributed by atoms with Crippen LogP contribution in [0.2, 0.25) is 0 Å². The minimum absolute atomic E-state index is 0.0972. The lowest BCUT2D eigenvalue weighted by molar-refractivity contribution is 0.0963. The molecule has 1 saturated heterocycles. The van der Waals surface area contributed by atoms with Gasteiger partial charge in [0.25, 0.3) is 5.91 Å². The maximum atomic E-state index is 11.9. The molecule has 1 fully saturated rings. The minimum Gasteiger partial charge on any atom is -0.506 e. The predicted octanol–water partition coefficient (Wildman–Crippen LogP) is 1.99. The van der Waals surface area contributed by atoms with Gasteiger partial charge >= 0.3 is 0 Å². The molecule has 1 heterocycles. The molecule has 2 aromatic rings. The summed E-state index contributed by atoms with van der Waals surface area (Å²) in [5.41, 5.74) is 2.23. The van der Waals surface area contributed by atoms with Gasteiger partial charge < -0.3 is 20.6 Å². The van der Waals surface area contributed by atoms with Crippen LogP contribution in [0.4, 0.5) is 11.4 Å². The molecule has 0 unspecified atom stereocenters. The minimum atomic E-state index is -0.208. The van der Waals surface area contributed by atoms with Crippen LogP contribution >= 0.6 is 0 Å². The van der Waals surface area contributed by atoms with E-state index in [-0.39, 0.29) is 11.7 Å². The molecule has 0 aliphatic carbocycles. The van der Waals surface area contributed by atoms with Crippen molar-refractivity contribution >= 4 is 17.3 Å². The number of benzene rings is 2. The molecular weight excluding hydrogens is 328 g/mol. The van der Waals surface area contributed by atoms with Crippen molar-refractivity contribution in [1.29, 1.82) is 0 Å². The number of nitrogens with one attached hydrogen (secondary N) is 2. The van der Waals surface area contributed by atoms with Crippen LogP contribution in [0.5, 0.6) is 5.75 Å². The zero-order chi connectivity index (χ0) is 18.4. The van der Waals surface area contributed by atoms with E-state index in [2.05, 4.69) is 44.7 Å². The van der Waals surface area contributed by atoms with Crippen molar-refractivity contribution in [2.24, 2.45) is 0 Å². The van der Waals surface area contributed by atoms with Gasteiger partial charge in [-0.1, -0.05) is 24.3 Å². The molecule has 0 radical (unpaired) electrons. The Labute approximate surface area is 154 Å². The second-order valence-electron chi connectivity index (χ2n) is 6.37. The fourth-order valence-corrected chi connectivity index (χ4v) is 3.26. The summed E-state index contributed by atoms with van der Waals surface area (Å²) < 4.78 is 0. The fourth-order valence-electron chi connectivity index (χ4n) is 3.26. The second-order valence-corrected chi connectivity index (χ2v) is 6.37. The summed E-state index contributed by atoms with van der Waals surface area (Å²) in [6.45, 7) is 5.55. The van der Waals surface area contributed by atoms with Crippen LogP contribution in [0.15, 0.2) is 48.5 Å². The molecule has 3 rings (SSSR count). The number of aromatic hydroxyl groups is 1. The van der Waals surface area contributed by atoms with Crippen molar-refractivity contribution in [2.75, 3.05) is 56.5 Å². The number of rotatable bonds is 6. The highest BCUT2D eigenvalue weighted by Crippen LogP contribution is 2.27. The lowest BCUT2D eigenvalue weighted by atomic mass is 10.1. The summed E-state index contributed by atoms with van der Waals surface area (Å²) in [6, 6.07) is 15.5. The van der Waals surface area contributed by atoms with Gasteiger partial charge in [0.1, 0.15) is 5.75 Å². The van der Waals surface area contributed by atoms with E-state index in [1.807, 2.05) is 6.07 Å². The SMILES string of the molecule is CNC(=O)c1cccc(O)c1NCCN1CCN(c2ccccc2)CC1. The smallest absolute Gasteiger partial charge is 0.253 e. The lowest BCUT2D eigenvalue weighted by Gasteiger charge is -2.36. The third-order valence-corrected chi connectivity index (χ3v) is 4.74. The van der Waals surface area contributed by atoms with Gasteiger partial charge in [-0.15, -0.1) is 0 Å². The number of hydrogen-bond donors (Lipinski definition) is 3. The van der Waals surface area contributed by atoms with E-state index in [9.17, 15) is 9.90 Å². The van der Waals surface area contributed by atoms with Crippen molar-refractivity contribution in [3.05, 3.63) is 54.1 Å². The highest BCUT2D eigenvalue weighted by Gasteiger charge is 2.17. The van der Waals surface area contributed by atoms with E-state index < -0.39 is 0 Å².